The number of hydrogen-bond donors (Lipinski definition) is 3. The van der Waals surface area contributed by atoms with Gasteiger partial charge in [0.05, 0.1) is 43.4 Å². The van der Waals surface area contributed by atoms with E-state index in [2.05, 4.69) is 30.6 Å². The molecule has 0 bridgehead atoms. The molecule has 0 spiro atoms. The van der Waals surface area contributed by atoms with E-state index >= 15 is 4.39 Å². The Bertz CT molecular complexity index is 3140. The standard InChI is InChI=1S/C64H81FN10O8/c1-3-83-57-38-51(82-2)20-19-49(57)39-66-40-58(76)75-24-10-15-50(42-75)47-13-9-14-48(37-47)61(78)67-60(46-11-5-4-6-12-46)64(81)74-29-27-71(28-30-74)41-44-22-25-70(26-23-44)43-59(77)72-31-33-73(34-32-72)63(80)54-35-45(18-21-55(54)65)36-56-52-16-7-8-17-53(52)62(79)69-68-56/h7-9,13-14,16-21,35,37-38,44,46,50,60,66H,3-6,10-12,15,22-34,36,39-43H2,1-2H3,(H,67,78)(H,69,79)/t50?,60-/m1/s1. The van der Waals surface area contributed by atoms with Crippen molar-refractivity contribution in [1.29, 1.82) is 0 Å². The number of nitrogens with one attached hydrogen (secondary N) is 3. The second-order valence-electron chi connectivity index (χ2n) is 23.2. The maximum absolute atomic E-state index is 15.2. The highest BCUT2D eigenvalue weighted by Crippen LogP contribution is 2.31. The van der Waals surface area contributed by atoms with Crippen LogP contribution in [0.2, 0.25) is 0 Å². The summed E-state index contributed by atoms with van der Waals surface area (Å²) in [5, 5.41) is 14.6. The molecule has 18 nitrogen and oxygen atoms in total. The molecule has 442 valence electrons. The fourth-order valence-electron chi connectivity index (χ4n) is 13.0. The van der Waals surface area contributed by atoms with Crippen molar-refractivity contribution in [1.82, 2.24) is 50.2 Å². The van der Waals surface area contributed by atoms with Gasteiger partial charge in [0.2, 0.25) is 17.7 Å². The van der Waals surface area contributed by atoms with Gasteiger partial charge in [0, 0.05) is 113 Å². The molecule has 1 aliphatic carbocycles. The number of aromatic nitrogens is 2. The monoisotopic (exact) mass is 1140 g/mol. The van der Waals surface area contributed by atoms with Gasteiger partial charge in [-0.3, -0.25) is 38.6 Å². The highest BCUT2D eigenvalue weighted by Gasteiger charge is 2.37. The summed E-state index contributed by atoms with van der Waals surface area (Å²) in [6.45, 7) is 11.4. The van der Waals surface area contributed by atoms with Gasteiger partial charge < -0.3 is 39.7 Å². The van der Waals surface area contributed by atoms with E-state index in [1.54, 1.807) is 41.2 Å². The Balaban J connectivity index is 0.650. The third-order valence-corrected chi connectivity index (χ3v) is 17.8. The van der Waals surface area contributed by atoms with Gasteiger partial charge in [0.15, 0.2) is 0 Å². The number of carbonyl (C=O) groups is 5. The highest BCUT2D eigenvalue weighted by molar-refractivity contribution is 5.98. The number of carbonyl (C=O) groups excluding carboxylic acids is 5. The molecule has 0 radical (unpaired) electrons. The molecule has 1 saturated carbocycles. The zero-order chi connectivity index (χ0) is 57.8. The van der Waals surface area contributed by atoms with E-state index in [0.29, 0.717) is 118 Å². The minimum atomic E-state index is -0.609. The summed E-state index contributed by atoms with van der Waals surface area (Å²) in [6.07, 6.45) is 9.07. The molecule has 2 atom stereocenters. The lowest BCUT2D eigenvalue weighted by Crippen LogP contribution is -2.57. The maximum Gasteiger partial charge on any atom is 0.272 e. The van der Waals surface area contributed by atoms with Crippen LogP contribution in [0.5, 0.6) is 11.5 Å². The van der Waals surface area contributed by atoms with Crippen molar-refractivity contribution >= 4 is 40.3 Å². The summed E-state index contributed by atoms with van der Waals surface area (Å²) in [7, 11) is 1.62. The number of hydrogen-bond acceptors (Lipinski definition) is 12. The minimum absolute atomic E-state index is 0.00877. The molecule has 1 aromatic heterocycles. The number of rotatable bonds is 19. The predicted molar refractivity (Wildman–Crippen MR) is 315 cm³/mol. The number of halogens is 1. The van der Waals surface area contributed by atoms with Crippen molar-refractivity contribution in [3.8, 4) is 11.5 Å². The van der Waals surface area contributed by atoms with Crippen molar-refractivity contribution in [3.05, 3.63) is 135 Å². The fourth-order valence-corrected chi connectivity index (χ4v) is 13.0. The van der Waals surface area contributed by atoms with Gasteiger partial charge in [0.1, 0.15) is 23.4 Å². The van der Waals surface area contributed by atoms with Crippen LogP contribution in [0.15, 0.2) is 89.7 Å². The SMILES string of the molecule is CCOc1cc(OC)ccc1CNCC(=O)N1CCCC(c2cccc(C(=O)N[C@@H](C(=O)N3CCN(CC4CCN(CC(=O)N5CCN(C(=O)c6cc(Cc7n[nH]c(=O)c8ccccc78)ccc6F)CC5)CC4)CC3)C3CCCCC3)c2)C1. The van der Waals surface area contributed by atoms with E-state index < -0.39 is 17.8 Å². The number of benzene rings is 4. The summed E-state index contributed by atoms with van der Waals surface area (Å²) < 4.78 is 26.3. The van der Waals surface area contributed by atoms with Gasteiger partial charge in [-0.2, -0.15) is 5.10 Å². The predicted octanol–water partition coefficient (Wildman–Crippen LogP) is 6.08. The molecule has 3 N–H and O–H groups in total. The number of fused-ring (bicyclic) bond motifs is 1. The average molecular weight is 1140 g/mol. The third kappa shape index (κ3) is 14.8. The molecule has 4 aromatic carbocycles. The lowest BCUT2D eigenvalue weighted by molar-refractivity contribution is -0.137. The zero-order valence-electron chi connectivity index (χ0n) is 48.3. The Hall–Kier alpha value is -7.22. The number of ether oxygens (including phenoxy) is 2. The van der Waals surface area contributed by atoms with Gasteiger partial charge in [-0.25, -0.2) is 9.49 Å². The van der Waals surface area contributed by atoms with Gasteiger partial charge in [-0.1, -0.05) is 61.7 Å². The Labute approximate surface area is 486 Å². The van der Waals surface area contributed by atoms with Crippen molar-refractivity contribution in [2.24, 2.45) is 11.8 Å². The van der Waals surface area contributed by atoms with Gasteiger partial charge in [-0.05, 0) is 118 Å². The van der Waals surface area contributed by atoms with Crippen LogP contribution in [0.4, 0.5) is 4.39 Å². The second-order valence-corrected chi connectivity index (χ2v) is 23.2. The number of piperidine rings is 2. The van der Waals surface area contributed by atoms with Crippen LogP contribution in [0.3, 0.4) is 0 Å². The Morgan fingerprint density at radius 1 is 0.723 bits per heavy atom. The molecule has 19 heteroatoms. The smallest absolute Gasteiger partial charge is 0.272 e. The molecule has 83 heavy (non-hydrogen) atoms. The van der Waals surface area contributed by atoms with Crippen LogP contribution in [-0.2, 0) is 27.3 Å². The average Bonchev–Trinajstić information content (AvgIpc) is 3.61. The lowest BCUT2D eigenvalue weighted by atomic mass is 9.83. The summed E-state index contributed by atoms with van der Waals surface area (Å²) in [6, 6.07) is 24.5. The molecule has 1 unspecified atom stereocenters. The van der Waals surface area contributed by atoms with Crippen LogP contribution in [-0.4, -0.2) is 187 Å². The minimum Gasteiger partial charge on any atom is -0.497 e. The number of likely N-dealkylation sites (tertiary alicyclic amines) is 2. The summed E-state index contributed by atoms with van der Waals surface area (Å²) in [4.78, 5) is 93.7. The Morgan fingerprint density at radius 3 is 2.23 bits per heavy atom. The molecule has 10 rings (SSSR count). The van der Waals surface area contributed by atoms with Crippen molar-refractivity contribution < 1.29 is 37.8 Å². The topological polar surface area (TPSA) is 193 Å². The first-order valence-electron chi connectivity index (χ1n) is 30.2. The molecule has 5 aromatic rings. The molecule has 5 heterocycles. The maximum atomic E-state index is 15.2. The molecule has 5 fully saturated rings. The largest absolute Gasteiger partial charge is 0.497 e. The lowest BCUT2D eigenvalue weighted by Gasteiger charge is -2.41. The van der Waals surface area contributed by atoms with Crippen molar-refractivity contribution in [2.75, 3.05) is 112 Å². The quantitative estimate of drug-likeness (QED) is 0.0866. The summed E-state index contributed by atoms with van der Waals surface area (Å²) in [5.74, 6) is 0.913. The first-order valence-corrected chi connectivity index (χ1v) is 30.2. The number of piperazine rings is 2. The van der Waals surface area contributed by atoms with E-state index in [1.807, 2.05) is 71.3 Å². The second kappa shape index (κ2) is 27.9. The Morgan fingerprint density at radius 2 is 1.47 bits per heavy atom. The summed E-state index contributed by atoms with van der Waals surface area (Å²) in [5.41, 5.74) is 3.51. The van der Waals surface area contributed by atoms with E-state index in [1.165, 1.54) is 6.07 Å². The fraction of sp³-hybridized carbons (Fsp3) is 0.516. The molecular formula is C64H81FN10O8. The highest BCUT2D eigenvalue weighted by atomic mass is 19.1. The molecular weight excluding hydrogens is 1060 g/mol. The van der Waals surface area contributed by atoms with Gasteiger partial charge >= 0.3 is 0 Å². The Kier molecular flexibility index (Phi) is 19.8. The van der Waals surface area contributed by atoms with Gasteiger partial charge in [0.25, 0.3) is 17.4 Å². The van der Waals surface area contributed by atoms with Crippen LogP contribution in [0.1, 0.15) is 114 Å². The summed E-state index contributed by atoms with van der Waals surface area (Å²) >= 11 is 0. The van der Waals surface area contributed by atoms with Gasteiger partial charge in [-0.15, -0.1) is 0 Å². The van der Waals surface area contributed by atoms with Crippen LogP contribution in [0, 0.1) is 17.7 Å². The molecule has 5 amide bonds. The van der Waals surface area contributed by atoms with E-state index in [-0.39, 0.29) is 53.1 Å². The van der Waals surface area contributed by atoms with Crippen LogP contribution < -0.4 is 25.7 Å². The van der Waals surface area contributed by atoms with Crippen molar-refractivity contribution in [2.45, 2.75) is 89.6 Å². The van der Waals surface area contributed by atoms with E-state index in [0.717, 1.165) is 107 Å². The number of aromatic amines is 1. The normalized spacial score (nSPS) is 19.1. The number of nitrogens with zero attached hydrogens (tertiary/aromatic N) is 7. The molecule has 5 aliphatic rings. The number of H-pyrrole nitrogens is 1. The van der Waals surface area contributed by atoms with E-state index in [4.69, 9.17) is 9.47 Å². The first-order chi connectivity index (χ1) is 40.4. The van der Waals surface area contributed by atoms with Crippen LogP contribution >= 0.6 is 0 Å². The first kappa shape index (κ1) is 59.0. The van der Waals surface area contributed by atoms with Crippen molar-refractivity contribution in [3.63, 3.8) is 0 Å². The third-order valence-electron chi connectivity index (χ3n) is 17.8. The number of methoxy groups -OCH3 is 1. The molecule has 4 saturated heterocycles. The van der Waals surface area contributed by atoms with E-state index in [9.17, 15) is 28.8 Å². The zero-order valence-corrected chi connectivity index (χ0v) is 48.3. The molecule has 4 aliphatic heterocycles. The van der Waals surface area contributed by atoms with Crippen LogP contribution in [0.25, 0.3) is 10.8 Å². The number of amides is 5.